The normalized spacial score (nSPS) is 11.0. The molecule has 0 amide bonds. The van der Waals surface area contributed by atoms with E-state index in [1.54, 1.807) is 26.4 Å². The van der Waals surface area contributed by atoms with E-state index in [0.29, 0.717) is 13.2 Å². The topological polar surface area (TPSA) is 66.9 Å². The van der Waals surface area contributed by atoms with Gasteiger partial charge in [-0.2, -0.15) is 0 Å². The highest BCUT2D eigenvalue weighted by Crippen LogP contribution is 2.22. The Balaban J connectivity index is 0.000000307. The van der Waals surface area contributed by atoms with E-state index in [4.69, 9.17) is 0 Å². The first-order valence-electron chi connectivity index (χ1n) is 7.74. The first kappa shape index (κ1) is 20.0. The third-order valence-corrected chi connectivity index (χ3v) is 3.67. The van der Waals surface area contributed by atoms with Crippen LogP contribution in [0.25, 0.3) is 17.0 Å². The lowest BCUT2D eigenvalue weighted by Crippen LogP contribution is -2.06. The quantitative estimate of drug-likeness (QED) is 0.455. The highest BCUT2D eigenvalue weighted by molar-refractivity contribution is 7.33. The maximum absolute atomic E-state index is 10.3. The van der Waals surface area contributed by atoms with Gasteiger partial charge >= 0.3 is 8.25 Å². The largest absolute Gasteiger partial charge is 0.697 e. The Hall–Kier alpha value is -2.01. The van der Waals surface area contributed by atoms with Crippen molar-refractivity contribution in [2.75, 3.05) is 27.3 Å². The Kier molecular flexibility index (Phi) is 9.61. The molecule has 130 valence electrons. The van der Waals surface area contributed by atoms with Gasteiger partial charge in [0.1, 0.15) is 13.2 Å². The summed E-state index contributed by atoms with van der Waals surface area (Å²) in [5.74, 6) is 0. The minimum atomic E-state index is -1.83. The van der Waals surface area contributed by atoms with Gasteiger partial charge in [0, 0.05) is 47.5 Å². The molecule has 0 aliphatic carbocycles. The van der Waals surface area contributed by atoms with E-state index in [0.717, 1.165) is 11.1 Å². The van der Waals surface area contributed by atoms with Crippen molar-refractivity contribution in [3.8, 4) is 0 Å². The molecular formula is C17H25N3O3P+. The Labute approximate surface area is 144 Å². The number of H-pyrrole nitrogens is 1. The second kappa shape index (κ2) is 11.5. The van der Waals surface area contributed by atoms with Crippen LogP contribution in [0, 0.1) is 0 Å². The van der Waals surface area contributed by atoms with Crippen LogP contribution in [0.15, 0.2) is 41.7 Å². The molecule has 0 aliphatic heterocycles. The van der Waals surface area contributed by atoms with Crippen LogP contribution in [-0.4, -0.2) is 43.5 Å². The number of nitrogens with one attached hydrogen (secondary N) is 1. The molecule has 0 saturated heterocycles. The van der Waals surface area contributed by atoms with Crippen molar-refractivity contribution in [2.24, 2.45) is 4.99 Å². The van der Waals surface area contributed by atoms with Crippen molar-refractivity contribution >= 4 is 31.6 Å². The first-order valence-corrected chi connectivity index (χ1v) is 8.83. The second-order valence-corrected chi connectivity index (χ2v) is 5.86. The maximum atomic E-state index is 10.3. The molecule has 6 nitrogen and oxygen atoms in total. The van der Waals surface area contributed by atoms with Gasteiger partial charge in [-0.25, -0.2) is 4.99 Å². The molecule has 7 heteroatoms. The SMILES string of the molecule is CCO[P+](=O)OCC.CN(C)C=NC=Cc1c[nH]c2ccccc12. The van der Waals surface area contributed by atoms with Crippen LogP contribution in [0.5, 0.6) is 0 Å². The molecule has 2 aromatic rings. The van der Waals surface area contributed by atoms with E-state index < -0.39 is 8.25 Å². The molecule has 0 unspecified atom stereocenters. The molecule has 0 atom stereocenters. The average molecular weight is 350 g/mol. The van der Waals surface area contributed by atoms with Gasteiger partial charge in [-0.05, 0) is 26.0 Å². The van der Waals surface area contributed by atoms with Crippen LogP contribution in [0.2, 0.25) is 0 Å². The summed E-state index contributed by atoms with van der Waals surface area (Å²) in [6.45, 7) is 4.42. The lowest BCUT2D eigenvalue weighted by Gasteiger charge is -1.99. The van der Waals surface area contributed by atoms with Gasteiger partial charge < -0.3 is 9.88 Å². The van der Waals surface area contributed by atoms with Gasteiger partial charge in [-0.15, -0.1) is 9.05 Å². The van der Waals surface area contributed by atoms with Crippen molar-refractivity contribution in [2.45, 2.75) is 13.8 Å². The zero-order valence-electron chi connectivity index (χ0n) is 14.6. The van der Waals surface area contributed by atoms with Gasteiger partial charge in [0.15, 0.2) is 0 Å². The summed E-state index contributed by atoms with van der Waals surface area (Å²) in [5.41, 5.74) is 2.31. The van der Waals surface area contributed by atoms with E-state index in [9.17, 15) is 4.57 Å². The van der Waals surface area contributed by atoms with Crippen molar-refractivity contribution in [3.63, 3.8) is 0 Å². The fourth-order valence-corrected chi connectivity index (χ4v) is 2.27. The number of aliphatic imine (C=N–C) groups is 1. The maximum Gasteiger partial charge on any atom is 0.697 e. The summed E-state index contributed by atoms with van der Waals surface area (Å²) in [7, 11) is 2.06. The fraction of sp³-hybridized carbons (Fsp3) is 0.353. The Morgan fingerprint density at radius 3 is 2.50 bits per heavy atom. The van der Waals surface area contributed by atoms with E-state index in [2.05, 4.69) is 31.2 Å². The van der Waals surface area contributed by atoms with Gasteiger partial charge in [-0.3, -0.25) is 0 Å². The molecular weight excluding hydrogens is 325 g/mol. The molecule has 0 fully saturated rings. The average Bonchev–Trinajstić information content (AvgIpc) is 2.96. The van der Waals surface area contributed by atoms with E-state index >= 15 is 0 Å². The number of aromatic amines is 1. The van der Waals surface area contributed by atoms with Gasteiger partial charge in [0.25, 0.3) is 0 Å². The van der Waals surface area contributed by atoms with Crippen molar-refractivity contribution in [1.82, 2.24) is 9.88 Å². The van der Waals surface area contributed by atoms with Gasteiger partial charge in [0.2, 0.25) is 0 Å². The molecule has 1 aromatic carbocycles. The van der Waals surface area contributed by atoms with Gasteiger partial charge in [-0.1, -0.05) is 18.2 Å². The predicted octanol–water partition coefficient (Wildman–Crippen LogP) is 4.45. The van der Waals surface area contributed by atoms with Crippen LogP contribution < -0.4 is 0 Å². The molecule has 0 saturated carbocycles. The Bertz CT molecular complexity index is 673. The molecule has 1 N–H and O–H groups in total. The van der Waals surface area contributed by atoms with Crippen LogP contribution in [0.4, 0.5) is 0 Å². The molecule has 0 aliphatic rings. The minimum absolute atomic E-state index is 0.440. The van der Waals surface area contributed by atoms with E-state index in [1.165, 1.54) is 5.39 Å². The molecule has 24 heavy (non-hydrogen) atoms. The van der Waals surface area contributed by atoms with Crippen molar-refractivity contribution in [3.05, 3.63) is 42.2 Å². The third kappa shape index (κ3) is 7.51. The second-order valence-electron chi connectivity index (χ2n) is 4.89. The summed E-state index contributed by atoms with van der Waals surface area (Å²) >= 11 is 0. The summed E-state index contributed by atoms with van der Waals surface area (Å²) in [4.78, 5) is 9.29. The van der Waals surface area contributed by atoms with Crippen molar-refractivity contribution in [1.29, 1.82) is 0 Å². The molecule has 0 spiro atoms. The van der Waals surface area contributed by atoms with E-state index in [-0.39, 0.29) is 0 Å². The number of aromatic nitrogens is 1. The minimum Gasteiger partial charge on any atom is -0.369 e. The highest BCUT2D eigenvalue weighted by Gasteiger charge is 2.15. The van der Waals surface area contributed by atoms with Crippen LogP contribution in [0.1, 0.15) is 19.4 Å². The summed E-state index contributed by atoms with van der Waals surface area (Å²) in [5, 5.41) is 1.22. The summed E-state index contributed by atoms with van der Waals surface area (Å²) in [6.07, 6.45) is 7.56. The standard InChI is InChI=1S/C13H15N3.C4H10O3P/c1-16(2)10-14-8-7-11-9-15-13-6-4-3-5-12(11)13;1-3-6-8(5)7-4-2/h3-10,15H,1-2H3;3-4H2,1-2H3/q;+1. The van der Waals surface area contributed by atoms with E-state index in [1.807, 2.05) is 43.4 Å². The smallest absolute Gasteiger partial charge is 0.369 e. The molecule has 0 bridgehead atoms. The van der Waals surface area contributed by atoms with Crippen LogP contribution >= 0.6 is 8.25 Å². The number of para-hydroxylation sites is 1. The highest BCUT2D eigenvalue weighted by atomic mass is 31.1. The lowest BCUT2D eigenvalue weighted by molar-refractivity contribution is 0.243. The first-order chi connectivity index (χ1) is 11.6. The fourth-order valence-electron chi connectivity index (χ4n) is 1.78. The zero-order valence-corrected chi connectivity index (χ0v) is 15.5. The van der Waals surface area contributed by atoms with Crippen LogP contribution in [-0.2, 0) is 13.6 Å². The number of nitrogens with zero attached hydrogens (tertiary/aromatic N) is 2. The molecule has 1 heterocycles. The Morgan fingerprint density at radius 1 is 1.21 bits per heavy atom. The predicted molar refractivity (Wildman–Crippen MR) is 100 cm³/mol. The van der Waals surface area contributed by atoms with Crippen molar-refractivity contribution < 1.29 is 13.6 Å². The monoisotopic (exact) mass is 350 g/mol. The third-order valence-electron chi connectivity index (χ3n) is 2.73. The molecule has 2 rings (SSSR count). The van der Waals surface area contributed by atoms with Crippen LogP contribution in [0.3, 0.4) is 0 Å². The number of rotatable bonds is 7. The zero-order chi connectivity index (χ0) is 17.8. The number of fused-ring (bicyclic) bond motifs is 1. The summed E-state index contributed by atoms with van der Waals surface area (Å²) in [6, 6.07) is 8.23. The molecule has 0 radical (unpaired) electrons. The van der Waals surface area contributed by atoms with Gasteiger partial charge in [0.05, 0.1) is 6.34 Å². The Morgan fingerprint density at radius 2 is 1.88 bits per heavy atom. The summed E-state index contributed by atoms with van der Waals surface area (Å²) < 4.78 is 19.5. The lowest BCUT2D eigenvalue weighted by atomic mass is 10.2. The number of hydrogen-bond donors (Lipinski definition) is 1. The molecule has 1 aromatic heterocycles. The number of benzene rings is 1. The number of hydrogen-bond acceptors (Lipinski definition) is 4.